The number of piperidine rings is 1. The van der Waals surface area contributed by atoms with Gasteiger partial charge >= 0.3 is 5.97 Å². The lowest BCUT2D eigenvalue weighted by Gasteiger charge is -2.38. The van der Waals surface area contributed by atoms with Crippen molar-refractivity contribution < 1.29 is 9.53 Å². The number of carbonyl (C=O) groups is 1. The van der Waals surface area contributed by atoms with E-state index in [0.29, 0.717) is 18.1 Å². The summed E-state index contributed by atoms with van der Waals surface area (Å²) in [5.74, 6) is -0.151. The van der Waals surface area contributed by atoms with Gasteiger partial charge in [-0.05, 0) is 32.9 Å². The Morgan fingerprint density at radius 3 is 2.50 bits per heavy atom. The van der Waals surface area contributed by atoms with E-state index in [1.54, 1.807) is 0 Å². The molecule has 0 aromatic heterocycles. The van der Waals surface area contributed by atoms with Crippen molar-refractivity contribution >= 4 is 23.2 Å². The fourth-order valence-electron chi connectivity index (χ4n) is 1.84. The first-order valence-electron chi connectivity index (χ1n) is 5.66. The van der Waals surface area contributed by atoms with Crippen molar-refractivity contribution in [1.29, 1.82) is 0 Å². The Morgan fingerprint density at radius 2 is 2.06 bits per heavy atom. The van der Waals surface area contributed by atoms with Gasteiger partial charge in [0.1, 0.15) is 0 Å². The number of rotatable bonds is 4. The molecule has 1 heterocycles. The van der Waals surface area contributed by atoms with Crippen molar-refractivity contribution in [1.82, 2.24) is 4.90 Å². The Balaban J connectivity index is 2.37. The smallest absolute Gasteiger partial charge is 0.320 e. The fraction of sp³-hybridized carbons (Fsp3) is 0.818. The molecule has 1 rings (SSSR count). The number of hydrogen-bond donors (Lipinski definition) is 1. The first-order chi connectivity index (χ1) is 7.48. The maximum atomic E-state index is 11.3. The summed E-state index contributed by atoms with van der Waals surface area (Å²) in [6.45, 7) is 6.44. The molecule has 0 bridgehead atoms. The summed E-state index contributed by atoms with van der Waals surface area (Å²) in [6, 6.07) is 0. The van der Waals surface area contributed by atoms with E-state index in [2.05, 4.69) is 11.8 Å². The van der Waals surface area contributed by atoms with Gasteiger partial charge in [0.25, 0.3) is 0 Å². The number of hydrogen-bond acceptors (Lipinski definition) is 4. The van der Waals surface area contributed by atoms with Gasteiger partial charge in [0.15, 0.2) is 0 Å². The van der Waals surface area contributed by atoms with E-state index in [1.807, 2.05) is 6.92 Å². The minimum Gasteiger partial charge on any atom is -0.465 e. The van der Waals surface area contributed by atoms with Crippen LogP contribution in [0, 0.1) is 5.41 Å². The second-order valence-corrected chi connectivity index (χ2v) is 4.95. The molecule has 0 amide bonds. The van der Waals surface area contributed by atoms with Crippen molar-refractivity contribution in [3.8, 4) is 0 Å². The van der Waals surface area contributed by atoms with Crippen LogP contribution in [-0.2, 0) is 9.53 Å². The quantitative estimate of drug-likeness (QED) is 0.589. The van der Waals surface area contributed by atoms with Crippen LogP contribution in [0.5, 0.6) is 0 Å². The molecule has 0 aromatic rings. The molecule has 1 fully saturated rings. The summed E-state index contributed by atoms with van der Waals surface area (Å²) in [5.41, 5.74) is 5.68. The summed E-state index contributed by atoms with van der Waals surface area (Å²) >= 11 is 5.06. The summed E-state index contributed by atoms with van der Waals surface area (Å²) in [6.07, 6.45) is 1.84. The highest BCUT2D eigenvalue weighted by Crippen LogP contribution is 2.30. The zero-order chi connectivity index (χ0) is 12.2. The van der Waals surface area contributed by atoms with Crippen LogP contribution < -0.4 is 5.73 Å². The average molecular weight is 244 g/mol. The van der Waals surface area contributed by atoms with Gasteiger partial charge in [0, 0.05) is 5.41 Å². The second-order valence-electron chi connectivity index (χ2n) is 4.51. The van der Waals surface area contributed by atoms with E-state index in [9.17, 15) is 4.79 Å². The number of ether oxygens (including phenoxy) is 1. The third-order valence-electron chi connectivity index (χ3n) is 3.21. The Kier molecular flexibility index (Phi) is 4.68. The van der Waals surface area contributed by atoms with Crippen LogP contribution in [0.4, 0.5) is 0 Å². The third kappa shape index (κ3) is 3.42. The van der Waals surface area contributed by atoms with Crippen molar-refractivity contribution in [3.05, 3.63) is 0 Å². The average Bonchev–Trinajstić information content (AvgIpc) is 2.22. The molecule has 0 aliphatic carbocycles. The van der Waals surface area contributed by atoms with E-state index in [1.165, 1.54) is 0 Å². The van der Waals surface area contributed by atoms with E-state index in [-0.39, 0.29) is 11.4 Å². The molecule has 0 radical (unpaired) electrons. The topological polar surface area (TPSA) is 55.6 Å². The SMILES string of the molecule is CCOC(=O)CN1CCC(C)(C(N)=S)CC1. The van der Waals surface area contributed by atoms with Gasteiger partial charge in [0.2, 0.25) is 0 Å². The largest absolute Gasteiger partial charge is 0.465 e. The van der Waals surface area contributed by atoms with Crippen LogP contribution >= 0.6 is 12.2 Å². The lowest BCUT2D eigenvalue weighted by molar-refractivity contribution is -0.144. The standard InChI is InChI=1S/C11H20N2O2S/c1-3-15-9(14)8-13-6-4-11(2,5-7-13)10(12)16/h3-8H2,1-2H3,(H2,12,16). The highest BCUT2D eigenvalue weighted by Gasteiger charge is 2.33. The molecule has 0 spiro atoms. The summed E-state index contributed by atoms with van der Waals surface area (Å²) < 4.78 is 4.91. The second kappa shape index (κ2) is 5.59. The predicted octanol–water partition coefficient (Wildman–Crippen LogP) is 0.938. The van der Waals surface area contributed by atoms with E-state index < -0.39 is 0 Å². The van der Waals surface area contributed by atoms with Crippen LogP contribution in [0.2, 0.25) is 0 Å². The molecule has 1 aliphatic heterocycles. The van der Waals surface area contributed by atoms with Gasteiger partial charge in [-0.1, -0.05) is 19.1 Å². The fourth-order valence-corrected chi connectivity index (χ4v) is 2.04. The molecular weight excluding hydrogens is 224 g/mol. The van der Waals surface area contributed by atoms with Crippen molar-refractivity contribution in [2.24, 2.45) is 11.1 Å². The van der Waals surface area contributed by atoms with Crippen molar-refractivity contribution in [2.75, 3.05) is 26.2 Å². The van der Waals surface area contributed by atoms with Gasteiger partial charge in [-0.3, -0.25) is 9.69 Å². The monoisotopic (exact) mass is 244 g/mol. The van der Waals surface area contributed by atoms with Crippen LogP contribution in [0.3, 0.4) is 0 Å². The minimum absolute atomic E-state index is 0.0412. The molecule has 92 valence electrons. The minimum atomic E-state index is -0.151. The Bertz CT molecular complexity index is 273. The lowest BCUT2D eigenvalue weighted by atomic mass is 9.80. The molecule has 0 aromatic carbocycles. The molecule has 0 saturated carbocycles. The van der Waals surface area contributed by atoms with Gasteiger partial charge in [0.05, 0.1) is 18.1 Å². The normalized spacial score (nSPS) is 20.4. The molecule has 1 aliphatic rings. The number of nitrogens with zero attached hydrogens (tertiary/aromatic N) is 1. The predicted molar refractivity (Wildman–Crippen MR) is 67.2 cm³/mol. The van der Waals surface area contributed by atoms with Gasteiger partial charge in [-0.25, -0.2) is 0 Å². The first-order valence-corrected chi connectivity index (χ1v) is 6.06. The highest BCUT2D eigenvalue weighted by molar-refractivity contribution is 7.80. The molecule has 0 unspecified atom stereocenters. The van der Waals surface area contributed by atoms with E-state index in [4.69, 9.17) is 22.7 Å². The molecule has 5 heteroatoms. The van der Waals surface area contributed by atoms with Crippen molar-refractivity contribution in [3.63, 3.8) is 0 Å². The van der Waals surface area contributed by atoms with Gasteiger partial charge in [-0.15, -0.1) is 0 Å². The van der Waals surface area contributed by atoms with Crippen LogP contribution in [0.1, 0.15) is 26.7 Å². The van der Waals surface area contributed by atoms with Crippen LogP contribution in [0.15, 0.2) is 0 Å². The lowest BCUT2D eigenvalue weighted by Crippen LogP contribution is -2.46. The Hall–Kier alpha value is -0.680. The molecule has 1 saturated heterocycles. The van der Waals surface area contributed by atoms with Crippen LogP contribution in [0.25, 0.3) is 0 Å². The maximum absolute atomic E-state index is 11.3. The van der Waals surface area contributed by atoms with E-state index in [0.717, 1.165) is 25.9 Å². The highest BCUT2D eigenvalue weighted by atomic mass is 32.1. The number of thiocarbonyl (C=S) groups is 1. The van der Waals surface area contributed by atoms with E-state index >= 15 is 0 Å². The number of nitrogens with two attached hydrogens (primary N) is 1. The summed E-state index contributed by atoms with van der Waals surface area (Å²) in [5, 5.41) is 0. The first kappa shape index (κ1) is 13.4. The Labute approximate surface area is 102 Å². The van der Waals surface area contributed by atoms with Gasteiger partial charge < -0.3 is 10.5 Å². The third-order valence-corrected chi connectivity index (χ3v) is 3.71. The zero-order valence-corrected chi connectivity index (χ0v) is 10.8. The molecule has 16 heavy (non-hydrogen) atoms. The molecule has 4 nitrogen and oxygen atoms in total. The number of esters is 1. The van der Waals surface area contributed by atoms with Gasteiger partial charge in [-0.2, -0.15) is 0 Å². The summed E-state index contributed by atoms with van der Waals surface area (Å²) in [7, 11) is 0. The Morgan fingerprint density at radius 1 is 1.50 bits per heavy atom. The maximum Gasteiger partial charge on any atom is 0.320 e. The molecule has 2 N–H and O–H groups in total. The van der Waals surface area contributed by atoms with Crippen molar-refractivity contribution in [2.45, 2.75) is 26.7 Å². The zero-order valence-electron chi connectivity index (χ0n) is 9.99. The number of carbonyl (C=O) groups excluding carboxylic acids is 1. The number of likely N-dealkylation sites (tertiary alicyclic amines) is 1. The molecule has 0 atom stereocenters. The van der Waals surface area contributed by atoms with Crippen LogP contribution in [-0.4, -0.2) is 42.1 Å². The molecular formula is C11H20N2O2S. The summed E-state index contributed by atoms with van der Waals surface area (Å²) in [4.78, 5) is 14.0.